The second kappa shape index (κ2) is 7.34. The van der Waals surface area contributed by atoms with Gasteiger partial charge in [0, 0.05) is 23.9 Å². The Balaban J connectivity index is 2.63. The fraction of sp³-hybridized carbons (Fsp3) is 0.385. The Hall–Kier alpha value is -2.28. The summed E-state index contributed by atoms with van der Waals surface area (Å²) in [4.78, 5) is 22.9. The summed E-state index contributed by atoms with van der Waals surface area (Å²) < 4.78 is 10.2. The minimum atomic E-state index is -0.653. The van der Waals surface area contributed by atoms with Crippen LogP contribution in [0, 0.1) is 0 Å². The Morgan fingerprint density at radius 3 is 2.20 bits per heavy atom. The molecule has 1 aromatic carbocycles. The van der Waals surface area contributed by atoms with Crippen LogP contribution >= 0.6 is 0 Å². The summed E-state index contributed by atoms with van der Waals surface area (Å²) >= 11 is 0. The Kier molecular flexibility index (Phi) is 5.79. The van der Waals surface area contributed by atoms with E-state index >= 15 is 0 Å². The molecule has 1 atom stereocenters. The van der Waals surface area contributed by atoms with Gasteiger partial charge in [-0.1, -0.05) is 0 Å². The lowest BCUT2D eigenvalue weighted by Crippen LogP contribution is -2.41. The number of benzene rings is 1. The maximum atomic E-state index is 11.7. The molecule has 0 aliphatic rings. The van der Waals surface area contributed by atoms with Crippen molar-refractivity contribution in [2.75, 3.05) is 26.1 Å². The molecule has 0 bridgehead atoms. The zero-order chi connectivity index (χ0) is 15.1. The molecule has 0 aromatic heterocycles. The largest absolute Gasteiger partial charge is 0.497 e. The number of methoxy groups -OCH3 is 2. The van der Waals surface area contributed by atoms with Crippen molar-refractivity contribution in [1.82, 2.24) is 5.32 Å². The van der Waals surface area contributed by atoms with Gasteiger partial charge in [0.25, 0.3) is 0 Å². The van der Waals surface area contributed by atoms with Crippen molar-refractivity contribution in [3.8, 4) is 11.5 Å². The number of anilines is 1. The first kappa shape index (κ1) is 15.8. The molecule has 110 valence electrons. The Bertz CT molecular complexity index is 466. The molecule has 1 aromatic rings. The van der Waals surface area contributed by atoms with E-state index < -0.39 is 6.04 Å². The molecule has 0 saturated heterocycles. The van der Waals surface area contributed by atoms with E-state index in [0.717, 1.165) is 0 Å². The maximum absolute atomic E-state index is 11.7. The van der Waals surface area contributed by atoms with Crippen molar-refractivity contribution in [2.45, 2.75) is 13.0 Å². The zero-order valence-electron chi connectivity index (χ0n) is 11.7. The van der Waals surface area contributed by atoms with Crippen LogP contribution in [0.1, 0.15) is 6.92 Å². The highest BCUT2D eigenvalue weighted by Crippen LogP contribution is 2.25. The van der Waals surface area contributed by atoms with Crippen molar-refractivity contribution < 1.29 is 19.1 Å². The third-order valence-electron chi connectivity index (χ3n) is 2.47. The summed E-state index contributed by atoms with van der Waals surface area (Å²) in [6, 6.07) is 4.33. The molecule has 2 amide bonds. The molecule has 0 radical (unpaired) electrons. The molecule has 20 heavy (non-hydrogen) atoms. The second-order valence-electron chi connectivity index (χ2n) is 4.16. The van der Waals surface area contributed by atoms with Gasteiger partial charge in [-0.15, -0.1) is 0 Å². The third kappa shape index (κ3) is 4.77. The van der Waals surface area contributed by atoms with E-state index in [1.807, 2.05) is 0 Å². The van der Waals surface area contributed by atoms with Gasteiger partial charge in [0.2, 0.25) is 11.8 Å². The van der Waals surface area contributed by atoms with E-state index in [0.29, 0.717) is 17.2 Å². The molecule has 0 unspecified atom stereocenters. The predicted molar refractivity (Wildman–Crippen MR) is 74.8 cm³/mol. The minimum absolute atomic E-state index is 0.153. The maximum Gasteiger partial charge on any atom is 0.243 e. The van der Waals surface area contributed by atoms with E-state index in [4.69, 9.17) is 15.2 Å². The molecular weight excluding hydrogens is 262 g/mol. The van der Waals surface area contributed by atoms with Crippen LogP contribution in [0.4, 0.5) is 5.69 Å². The zero-order valence-corrected chi connectivity index (χ0v) is 11.7. The number of carbonyl (C=O) groups is 2. The van der Waals surface area contributed by atoms with Gasteiger partial charge in [0.15, 0.2) is 0 Å². The molecule has 0 fully saturated rings. The van der Waals surface area contributed by atoms with Gasteiger partial charge >= 0.3 is 0 Å². The summed E-state index contributed by atoms with van der Waals surface area (Å²) in [6.45, 7) is 1.39. The van der Waals surface area contributed by atoms with Crippen LogP contribution in [-0.4, -0.2) is 38.6 Å². The lowest BCUT2D eigenvalue weighted by molar-refractivity contribution is -0.124. The monoisotopic (exact) mass is 281 g/mol. The number of amides is 2. The summed E-state index contributed by atoms with van der Waals surface area (Å²) in [5.41, 5.74) is 5.89. The van der Waals surface area contributed by atoms with E-state index in [2.05, 4.69) is 10.6 Å². The van der Waals surface area contributed by atoms with Gasteiger partial charge in [-0.25, -0.2) is 0 Å². The van der Waals surface area contributed by atoms with Crippen molar-refractivity contribution in [2.24, 2.45) is 5.73 Å². The fourth-order valence-electron chi connectivity index (χ4n) is 1.41. The SMILES string of the molecule is COc1cc(NC(=O)CNC(=O)[C@H](C)N)cc(OC)c1. The van der Waals surface area contributed by atoms with Crippen LogP contribution in [0.15, 0.2) is 18.2 Å². The number of ether oxygens (including phenoxy) is 2. The highest BCUT2D eigenvalue weighted by Gasteiger charge is 2.10. The van der Waals surface area contributed by atoms with Crippen LogP contribution in [0.25, 0.3) is 0 Å². The average molecular weight is 281 g/mol. The van der Waals surface area contributed by atoms with Gasteiger partial charge in [-0.2, -0.15) is 0 Å². The molecule has 4 N–H and O–H groups in total. The summed E-state index contributed by atoms with van der Waals surface area (Å²) in [5.74, 6) is 0.358. The first-order chi connectivity index (χ1) is 9.46. The van der Waals surface area contributed by atoms with E-state index in [9.17, 15) is 9.59 Å². The number of hydrogen-bond acceptors (Lipinski definition) is 5. The van der Waals surface area contributed by atoms with Gasteiger partial charge in [0.05, 0.1) is 26.8 Å². The van der Waals surface area contributed by atoms with E-state index in [1.165, 1.54) is 14.2 Å². The highest BCUT2D eigenvalue weighted by atomic mass is 16.5. The molecule has 0 spiro atoms. The lowest BCUT2D eigenvalue weighted by Gasteiger charge is -2.11. The number of rotatable bonds is 6. The highest BCUT2D eigenvalue weighted by molar-refractivity contribution is 5.95. The second-order valence-corrected chi connectivity index (χ2v) is 4.16. The first-order valence-corrected chi connectivity index (χ1v) is 6.02. The normalized spacial score (nSPS) is 11.4. The van der Waals surface area contributed by atoms with E-state index in [1.54, 1.807) is 25.1 Å². The summed E-state index contributed by atoms with van der Waals surface area (Å²) in [6.07, 6.45) is 0. The van der Waals surface area contributed by atoms with Crippen LogP contribution in [0.5, 0.6) is 11.5 Å². The average Bonchev–Trinajstić information content (AvgIpc) is 2.43. The molecule has 7 heteroatoms. The number of nitrogens with two attached hydrogens (primary N) is 1. The smallest absolute Gasteiger partial charge is 0.243 e. The number of carbonyl (C=O) groups excluding carboxylic acids is 2. The summed E-state index contributed by atoms with van der Waals surface area (Å²) in [7, 11) is 3.03. The predicted octanol–water partition coefficient (Wildman–Crippen LogP) is 0.106. The molecule has 0 saturated carbocycles. The Labute approximate surface area is 117 Å². The summed E-state index contributed by atoms with van der Waals surface area (Å²) in [5, 5.41) is 5.05. The van der Waals surface area contributed by atoms with Crippen molar-refractivity contribution in [3.05, 3.63) is 18.2 Å². The Morgan fingerprint density at radius 1 is 1.20 bits per heavy atom. The van der Waals surface area contributed by atoms with E-state index in [-0.39, 0.29) is 18.4 Å². The number of hydrogen-bond donors (Lipinski definition) is 3. The fourth-order valence-corrected chi connectivity index (χ4v) is 1.41. The minimum Gasteiger partial charge on any atom is -0.497 e. The van der Waals surface area contributed by atoms with Gasteiger partial charge in [-0.3, -0.25) is 9.59 Å². The molecule has 0 aliphatic heterocycles. The first-order valence-electron chi connectivity index (χ1n) is 6.02. The Morgan fingerprint density at radius 2 is 1.75 bits per heavy atom. The van der Waals surface area contributed by atoms with Crippen LogP contribution in [0.3, 0.4) is 0 Å². The molecule has 0 aliphatic carbocycles. The molecule has 7 nitrogen and oxygen atoms in total. The molecule has 1 rings (SSSR count). The standard InChI is InChI=1S/C13H19N3O4/c1-8(14)13(18)15-7-12(17)16-9-4-10(19-2)6-11(5-9)20-3/h4-6,8H,7,14H2,1-3H3,(H,15,18)(H,16,17)/t8-/m0/s1. The lowest BCUT2D eigenvalue weighted by atomic mass is 10.2. The van der Waals surface area contributed by atoms with Crippen molar-refractivity contribution in [3.63, 3.8) is 0 Å². The number of nitrogens with one attached hydrogen (secondary N) is 2. The molecular formula is C13H19N3O4. The quantitative estimate of drug-likeness (QED) is 0.686. The van der Waals surface area contributed by atoms with Crippen molar-refractivity contribution in [1.29, 1.82) is 0 Å². The van der Waals surface area contributed by atoms with Crippen LogP contribution in [0.2, 0.25) is 0 Å². The van der Waals surface area contributed by atoms with Crippen LogP contribution in [-0.2, 0) is 9.59 Å². The third-order valence-corrected chi connectivity index (χ3v) is 2.47. The van der Waals surface area contributed by atoms with Gasteiger partial charge < -0.3 is 25.8 Å². The van der Waals surface area contributed by atoms with Crippen LogP contribution < -0.4 is 25.8 Å². The topological polar surface area (TPSA) is 103 Å². The molecule has 0 heterocycles. The van der Waals surface area contributed by atoms with Gasteiger partial charge in [-0.05, 0) is 6.92 Å². The van der Waals surface area contributed by atoms with Gasteiger partial charge in [0.1, 0.15) is 11.5 Å². The van der Waals surface area contributed by atoms with Crippen molar-refractivity contribution >= 4 is 17.5 Å².